The molecule has 2 aromatic rings. The summed E-state index contributed by atoms with van der Waals surface area (Å²) in [5.74, 6) is 0.0281. The minimum Gasteiger partial charge on any atom is -0.310 e. The van der Waals surface area contributed by atoms with Crippen LogP contribution in [0.15, 0.2) is 36.5 Å². The molecule has 1 aliphatic carbocycles. The number of hydrogen-bond donors (Lipinski definition) is 2. The number of nitrogens with one attached hydrogen (secondary N) is 1. The number of hydrogen-bond acceptors (Lipinski definition) is 4. The van der Waals surface area contributed by atoms with Crippen LogP contribution in [-0.4, -0.2) is 28.6 Å². The first-order valence-corrected chi connectivity index (χ1v) is 9.78. The minimum absolute atomic E-state index is 0.175. The lowest BCUT2D eigenvalue weighted by atomic mass is 9.70. The second-order valence-electron chi connectivity index (χ2n) is 8.18. The van der Waals surface area contributed by atoms with Crippen molar-refractivity contribution in [1.82, 2.24) is 10.5 Å². The highest BCUT2D eigenvalue weighted by Crippen LogP contribution is 2.45. The molecule has 28 heavy (non-hydrogen) atoms. The first-order chi connectivity index (χ1) is 13.4. The van der Waals surface area contributed by atoms with Crippen molar-refractivity contribution in [1.29, 1.82) is 0 Å². The van der Waals surface area contributed by atoms with Gasteiger partial charge in [0.25, 0.3) is 5.91 Å². The van der Waals surface area contributed by atoms with E-state index >= 15 is 0 Å². The molecular formula is C22H25N3O3. The third kappa shape index (κ3) is 3.07. The summed E-state index contributed by atoms with van der Waals surface area (Å²) in [6.45, 7) is 4.92. The van der Waals surface area contributed by atoms with Crippen LogP contribution in [0, 0.1) is 5.41 Å². The number of anilines is 1. The lowest BCUT2D eigenvalue weighted by Crippen LogP contribution is -2.39. The molecule has 1 saturated heterocycles. The van der Waals surface area contributed by atoms with Gasteiger partial charge in [-0.05, 0) is 67.0 Å². The standard InChI is InChI=1S/C22H25N3O3/c1-14(2)19-6-5-18(13-23-19)25-10-9-22(21(25)27)8-7-15-11-16(20(26)24-28)3-4-17(15)12-22/h3-6,11,13-14,28H,7-10,12H2,1-2H3,(H,24,26). The van der Waals surface area contributed by atoms with Crippen molar-refractivity contribution in [2.75, 3.05) is 11.4 Å². The summed E-state index contributed by atoms with van der Waals surface area (Å²) in [7, 11) is 0. The summed E-state index contributed by atoms with van der Waals surface area (Å²) in [5.41, 5.74) is 5.83. The fourth-order valence-electron chi connectivity index (χ4n) is 4.43. The molecule has 1 aliphatic heterocycles. The van der Waals surface area contributed by atoms with Crippen molar-refractivity contribution in [2.24, 2.45) is 5.41 Å². The molecule has 2 heterocycles. The summed E-state index contributed by atoms with van der Waals surface area (Å²) in [5, 5.41) is 8.82. The van der Waals surface area contributed by atoms with Crippen molar-refractivity contribution in [3.05, 3.63) is 58.9 Å². The largest absolute Gasteiger partial charge is 0.310 e. The first kappa shape index (κ1) is 18.6. The van der Waals surface area contributed by atoms with Gasteiger partial charge < -0.3 is 4.90 Å². The van der Waals surface area contributed by atoms with Crippen LogP contribution in [0.4, 0.5) is 5.69 Å². The maximum Gasteiger partial charge on any atom is 0.274 e. The number of carbonyl (C=O) groups excluding carboxylic acids is 2. The van der Waals surface area contributed by atoms with Gasteiger partial charge in [-0.1, -0.05) is 19.9 Å². The molecule has 4 rings (SSSR count). The lowest BCUT2D eigenvalue weighted by Gasteiger charge is -2.33. The molecular weight excluding hydrogens is 354 g/mol. The Balaban J connectivity index is 1.55. The molecule has 0 bridgehead atoms. The van der Waals surface area contributed by atoms with E-state index in [0.717, 1.165) is 41.8 Å². The Hall–Kier alpha value is -2.73. The smallest absolute Gasteiger partial charge is 0.274 e. The highest BCUT2D eigenvalue weighted by molar-refractivity contribution is 6.00. The molecule has 2 amide bonds. The maximum atomic E-state index is 13.3. The van der Waals surface area contributed by atoms with Crippen LogP contribution in [0.25, 0.3) is 0 Å². The summed E-state index contributed by atoms with van der Waals surface area (Å²) >= 11 is 0. The number of amides is 2. The van der Waals surface area contributed by atoms with E-state index in [1.807, 2.05) is 35.4 Å². The molecule has 1 spiro atoms. The maximum absolute atomic E-state index is 13.3. The zero-order valence-corrected chi connectivity index (χ0v) is 16.2. The number of pyridine rings is 1. The lowest BCUT2D eigenvalue weighted by molar-refractivity contribution is -0.126. The van der Waals surface area contributed by atoms with Crippen molar-refractivity contribution >= 4 is 17.5 Å². The topological polar surface area (TPSA) is 82.5 Å². The van der Waals surface area contributed by atoms with E-state index in [-0.39, 0.29) is 11.3 Å². The van der Waals surface area contributed by atoms with E-state index in [1.165, 1.54) is 0 Å². The molecule has 2 aliphatic rings. The Labute approximate surface area is 164 Å². The van der Waals surface area contributed by atoms with Crippen molar-refractivity contribution in [3.63, 3.8) is 0 Å². The van der Waals surface area contributed by atoms with Crippen LogP contribution in [0.5, 0.6) is 0 Å². The monoisotopic (exact) mass is 379 g/mol. The number of fused-ring (bicyclic) bond motifs is 1. The van der Waals surface area contributed by atoms with Crippen molar-refractivity contribution in [2.45, 2.75) is 45.4 Å². The van der Waals surface area contributed by atoms with Gasteiger partial charge in [-0.2, -0.15) is 0 Å². The fraction of sp³-hybridized carbons (Fsp3) is 0.409. The molecule has 6 heteroatoms. The van der Waals surface area contributed by atoms with Crippen LogP contribution < -0.4 is 10.4 Å². The van der Waals surface area contributed by atoms with Crippen LogP contribution in [0.3, 0.4) is 0 Å². The molecule has 0 saturated carbocycles. The van der Waals surface area contributed by atoms with Gasteiger partial charge in [0.05, 0.1) is 17.3 Å². The number of rotatable bonds is 3. The third-order valence-electron chi connectivity index (χ3n) is 6.16. The Morgan fingerprint density at radius 3 is 2.71 bits per heavy atom. The number of carbonyl (C=O) groups is 2. The molecule has 0 radical (unpaired) electrons. The molecule has 1 aromatic carbocycles. The van der Waals surface area contributed by atoms with Gasteiger partial charge in [-0.25, -0.2) is 5.48 Å². The van der Waals surface area contributed by atoms with Crippen molar-refractivity contribution in [3.8, 4) is 0 Å². The third-order valence-corrected chi connectivity index (χ3v) is 6.16. The second kappa shape index (κ2) is 7.02. The average molecular weight is 379 g/mol. The van der Waals surface area contributed by atoms with Crippen molar-refractivity contribution < 1.29 is 14.8 Å². The van der Waals surface area contributed by atoms with E-state index in [1.54, 1.807) is 11.5 Å². The number of hydroxylamine groups is 1. The van der Waals surface area contributed by atoms with Gasteiger partial charge >= 0.3 is 0 Å². The predicted octanol–water partition coefficient (Wildman–Crippen LogP) is 3.24. The van der Waals surface area contributed by atoms with Crippen LogP contribution in [-0.2, 0) is 17.6 Å². The normalized spacial score (nSPS) is 21.3. The molecule has 6 nitrogen and oxygen atoms in total. The highest BCUT2D eigenvalue weighted by atomic mass is 16.5. The molecule has 146 valence electrons. The van der Waals surface area contributed by atoms with Crippen LogP contribution >= 0.6 is 0 Å². The van der Waals surface area contributed by atoms with E-state index < -0.39 is 5.91 Å². The van der Waals surface area contributed by atoms with E-state index in [9.17, 15) is 9.59 Å². The number of aromatic nitrogens is 1. The van der Waals surface area contributed by atoms with Gasteiger partial charge in [0.2, 0.25) is 5.91 Å². The summed E-state index contributed by atoms with van der Waals surface area (Å²) in [4.78, 5) is 31.4. The summed E-state index contributed by atoms with van der Waals surface area (Å²) in [6, 6.07) is 9.43. The molecule has 2 N–H and O–H groups in total. The van der Waals surface area contributed by atoms with Gasteiger partial charge in [-0.3, -0.25) is 19.8 Å². The van der Waals surface area contributed by atoms with Gasteiger partial charge in [0, 0.05) is 17.8 Å². The van der Waals surface area contributed by atoms with Gasteiger partial charge in [-0.15, -0.1) is 0 Å². The Morgan fingerprint density at radius 1 is 1.21 bits per heavy atom. The Bertz CT molecular complexity index is 923. The zero-order chi connectivity index (χ0) is 19.9. The van der Waals surface area contributed by atoms with E-state index in [4.69, 9.17) is 5.21 Å². The van der Waals surface area contributed by atoms with E-state index in [2.05, 4.69) is 18.8 Å². The predicted molar refractivity (Wildman–Crippen MR) is 105 cm³/mol. The van der Waals surface area contributed by atoms with Gasteiger partial charge in [0.1, 0.15) is 0 Å². The first-order valence-electron chi connectivity index (χ1n) is 9.78. The molecule has 1 atom stereocenters. The highest BCUT2D eigenvalue weighted by Gasteiger charge is 2.48. The Kier molecular flexibility index (Phi) is 4.67. The summed E-state index contributed by atoms with van der Waals surface area (Å²) in [6.07, 6.45) is 4.86. The molecule has 1 fully saturated rings. The Morgan fingerprint density at radius 2 is 2.04 bits per heavy atom. The second-order valence-corrected chi connectivity index (χ2v) is 8.18. The zero-order valence-electron chi connectivity index (χ0n) is 16.2. The van der Waals surface area contributed by atoms with Gasteiger partial charge in [0.15, 0.2) is 0 Å². The average Bonchev–Trinajstić information content (AvgIpc) is 3.02. The molecule has 1 aromatic heterocycles. The SMILES string of the molecule is CC(C)c1ccc(N2CCC3(CCc4cc(C(=O)NO)ccc4C3)C2=O)cn1. The number of benzene rings is 1. The summed E-state index contributed by atoms with van der Waals surface area (Å²) < 4.78 is 0. The number of nitrogens with zero attached hydrogens (tertiary/aromatic N) is 2. The van der Waals surface area contributed by atoms with E-state index in [0.29, 0.717) is 24.4 Å². The fourth-order valence-corrected chi connectivity index (χ4v) is 4.43. The quantitative estimate of drug-likeness (QED) is 0.634. The van der Waals surface area contributed by atoms with Crippen LogP contribution in [0.2, 0.25) is 0 Å². The molecule has 1 unspecified atom stereocenters. The minimum atomic E-state index is -0.511. The van der Waals surface area contributed by atoms with Crippen LogP contribution in [0.1, 0.15) is 59.8 Å². The number of aryl methyl sites for hydroxylation is 1.